The lowest BCUT2D eigenvalue weighted by Gasteiger charge is -2.55. The third-order valence-corrected chi connectivity index (χ3v) is 8.12. The Morgan fingerprint density at radius 2 is 1.33 bits per heavy atom. The quantitative estimate of drug-likeness (QED) is 0.554. The van der Waals surface area contributed by atoms with Gasteiger partial charge in [-0.3, -0.25) is 9.59 Å². The number of thioether (sulfide) groups is 2. The summed E-state index contributed by atoms with van der Waals surface area (Å²) in [4.78, 5) is 29.5. The van der Waals surface area contributed by atoms with Gasteiger partial charge in [-0.2, -0.15) is 0 Å². The van der Waals surface area contributed by atoms with Gasteiger partial charge in [0.1, 0.15) is 0 Å². The Bertz CT molecular complexity index is 906. The summed E-state index contributed by atoms with van der Waals surface area (Å²) in [5.74, 6) is -0.100. The van der Waals surface area contributed by atoms with Gasteiger partial charge in [0.25, 0.3) is 11.8 Å². The molecule has 2 atom stereocenters. The van der Waals surface area contributed by atoms with Crippen molar-refractivity contribution in [2.75, 3.05) is 12.5 Å². The number of amides is 2. The van der Waals surface area contributed by atoms with Crippen LogP contribution in [-0.4, -0.2) is 43.9 Å². The Hall–Kier alpha value is -2.18. The summed E-state index contributed by atoms with van der Waals surface area (Å²) in [7, 11) is 0. The van der Waals surface area contributed by atoms with E-state index in [1.54, 1.807) is 15.9 Å². The van der Waals surface area contributed by atoms with E-state index in [4.69, 9.17) is 0 Å². The molecule has 0 radical (unpaired) electrons. The Labute approximate surface area is 187 Å². The van der Waals surface area contributed by atoms with Gasteiger partial charge < -0.3 is 9.80 Å². The van der Waals surface area contributed by atoms with Gasteiger partial charge >= 0.3 is 0 Å². The van der Waals surface area contributed by atoms with E-state index in [9.17, 15) is 9.59 Å². The molecule has 0 aromatic heterocycles. The molecule has 4 nitrogen and oxygen atoms in total. The molecule has 1 aliphatic rings. The van der Waals surface area contributed by atoms with Crippen LogP contribution in [0.25, 0.3) is 0 Å². The van der Waals surface area contributed by atoms with Crippen LogP contribution >= 0.6 is 23.5 Å². The van der Waals surface area contributed by atoms with Crippen molar-refractivity contribution in [3.8, 4) is 0 Å². The Balaban J connectivity index is 2.09. The van der Waals surface area contributed by atoms with Crippen LogP contribution in [0.2, 0.25) is 0 Å². The van der Waals surface area contributed by atoms with Crippen molar-refractivity contribution < 1.29 is 9.59 Å². The number of hydrogen-bond acceptors (Lipinski definition) is 4. The molecule has 1 heterocycles. The molecule has 1 fully saturated rings. The van der Waals surface area contributed by atoms with E-state index in [1.807, 2.05) is 80.1 Å². The molecule has 0 unspecified atom stereocenters. The van der Waals surface area contributed by atoms with E-state index in [0.717, 1.165) is 11.1 Å². The van der Waals surface area contributed by atoms with Crippen LogP contribution in [0.3, 0.4) is 0 Å². The fourth-order valence-corrected chi connectivity index (χ4v) is 5.47. The third kappa shape index (κ3) is 3.91. The molecule has 158 valence electrons. The summed E-state index contributed by atoms with van der Waals surface area (Å²) < 4.78 is 0. The Morgan fingerprint density at radius 1 is 0.833 bits per heavy atom. The largest absolute Gasteiger partial charge is 0.312 e. The number of rotatable bonds is 8. The first-order valence-corrected chi connectivity index (χ1v) is 12.3. The summed E-state index contributed by atoms with van der Waals surface area (Å²) in [6.07, 6.45) is 5.92. The highest BCUT2D eigenvalue weighted by atomic mass is 32.2. The van der Waals surface area contributed by atoms with Crippen molar-refractivity contribution in [1.82, 2.24) is 9.80 Å². The van der Waals surface area contributed by atoms with Crippen molar-refractivity contribution in [2.45, 2.75) is 36.2 Å². The summed E-state index contributed by atoms with van der Waals surface area (Å²) in [5, 5.41) is 0. The Morgan fingerprint density at radius 3 is 1.77 bits per heavy atom. The first-order chi connectivity index (χ1) is 14.4. The lowest BCUT2D eigenvalue weighted by Crippen LogP contribution is -2.73. The minimum absolute atomic E-state index is 0.0499. The molecule has 1 saturated heterocycles. The van der Waals surface area contributed by atoms with Crippen molar-refractivity contribution in [2.24, 2.45) is 0 Å². The molecule has 2 aromatic carbocycles. The van der Waals surface area contributed by atoms with Crippen molar-refractivity contribution >= 4 is 35.3 Å². The van der Waals surface area contributed by atoms with E-state index in [1.165, 1.54) is 23.5 Å². The lowest BCUT2D eigenvalue weighted by atomic mass is 9.99. The highest BCUT2D eigenvalue weighted by Crippen LogP contribution is 2.46. The number of carbonyl (C=O) groups is 2. The first-order valence-electron chi connectivity index (χ1n) is 9.86. The molecule has 0 saturated carbocycles. The predicted molar refractivity (Wildman–Crippen MR) is 127 cm³/mol. The molecular weight excluding hydrogens is 412 g/mol. The SMILES string of the molecule is C=CC[C@@]1(SC)C(=O)N(Cc2ccccc2)[C@](C)(SC)C(=O)N1Cc1ccccc1. The first kappa shape index (κ1) is 22.5. The highest BCUT2D eigenvalue weighted by Gasteiger charge is 2.60. The second-order valence-corrected chi connectivity index (χ2v) is 9.71. The zero-order valence-corrected chi connectivity index (χ0v) is 19.3. The maximum Gasteiger partial charge on any atom is 0.261 e. The van der Waals surface area contributed by atoms with Gasteiger partial charge in [-0.25, -0.2) is 0 Å². The molecule has 0 bridgehead atoms. The summed E-state index contributed by atoms with van der Waals surface area (Å²) in [6, 6.07) is 19.7. The van der Waals surface area contributed by atoms with Crippen molar-refractivity contribution in [1.29, 1.82) is 0 Å². The number of nitrogens with zero attached hydrogens (tertiary/aromatic N) is 2. The summed E-state index contributed by atoms with van der Waals surface area (Å²) in [6.45, 7) is 6.52. The highest BCUT2D eigenvalue weighted by molar-refractivity contribution is 8.01. The average Bonchev–Trinajstić information content (AvgIpc) is 2.79. The monoisotopic (exact) mass is 440 g/mol. The minimum Gasteiger partial charge on any atom is -0.312 e. The summed E-state index contributed by atoms with van der Waals surface area (Å²) >= 11 is 2.83. The van der Waals surface area contributed by atoms with Crippen LogP contribution in [0.1, 0.15) is 24.5 Å². The molecule has 0 N–H and O–H groups in total. The van der Waals surface area contributed by atoms with Crippen LogP contribution in [0, 0.1) is 0 Å². The van der Waals surface area contributed by atoms with Crippen LogP contribution in [0.5, 0.6) is 0 Å². The molecule has 0 spiro atoms. The number of carbonyl (C=O) groups excluding carboxylic acids is 2. The van der Waals surface area contributed by atoms with Gasteiger partial charge in [0.2, 0.25) is 0 Å². The van der Waals surface area contributed by atoms with Gasteiger partial charge in [-0.1, -0.05) is 66.7 Å². The van der Waals surface area contributed by atoms with Crippen LogP contribution in [-0.2, 0) is 22.7 Å². The van der Waals surface area contributed by atoms with Crippen LogP contribution in [0.4, 0.5) is 0 Å². The van der Waals surface area contributed by atoms with Crippen LogP contribution in [0.15, 0.2) is 73.3 Å². The second kappa shape index (κ2) is 9.31. The van der Waals surface area contributed by atoms with Crippen molar-refractivity contribution in [3.05, 3.63) is 84.4 Å². The third-order valence-electron chi connectivity index (χ3n) is 5.70. The Kier molecular flexibility index (Phi) is 6.98. The lowest BCUT2D eigenvalue weighted by molar-refractivity contribution is -0.167. The maximum atomic E-state index is 14.0. The summed E-state index contributed by atoms with van der Waals surface area (Å²) in [5.41, 5.74) is 2.00. The van der Waals surface area contributed by atoms with Crippen LogP contribution < -0.4 is 0 Å². The molecule has 6 heteroatoms. The average molecular weight is 441 g/mol. The molecule has 2 amide bonds. The zero-order chi connectivity index (χ0) is 21.8. The second-order valence-electron chi connectivity index (χ2n) is 7.42. The zero-order valence-electron chi connectivity index (χ0n) is 17.7. The number of piperazine rings is 1. The van der Waals surface area contributed by atoms with Gasteiger partial charge in [0.15, 0.2) is 9.74 Å². The standard InChI is InChI=1S/C24H28N2O2S2/c1-5-16-24(30-4)22(28)25(17-19-12-8-6-9-13-19)23(2,29-3)21(27)26(24)18-20-14-10-7-11-15-20/h5-15H,1,16-18H2,2-4H3/t23-,24-/m1/s1. The fraction of sp³-hybridized carbons (Fsp3) is 0.333. The fourth-order valence-electron chi connectivity index (χ4n) is 3.88. The van der Waals surface area contributed by atoms with E-state index >= 15 is 0 Å². The normalized spacial score (nSPS) is 24.2. The van der Waals surface area contributed by atoms with E-state index in [2.05, 4.69) is 6.58 Å². The molecular formula is C24H28N2O2S2. The number of hydrogen-bond donors (Lipinski definition) is 0. The molecule has 3 rings (SSSR count). The smallest absolute Gasteiger partial charge is 0.261 e. The van der Waals surface area contributed by atoms with Crippen molar-refractivity contribution in [3.63, 3.8) is 0 Å². The predicted octanol–water partition coefficient (Wildman–Crippen LogP) is 4.77. The van der Waals surface area contributed by atoms with E-state index in [0.29, 0.717) is 19.5 Å². The minimum atomic E-state index is -1.02. The number of benzene rings is 2. The maximum absolute atomic E-state index is 14.0. The molecule has 30 heavy (non-hydrogen) atoms. The van der Waals surface area contributed by atoms with Gasteiger partial charge in [-0.05, 0) is 30.6 Å². The van der Waals surface area contributed by atoms with E-state index < -0.39 is 9.74 Å². The van der Waals surface area contributed by atoms with E-state index in [-0.39, 0.29) is 11.8 Å². The topological polar surface area (TPSA) is 40.6 Å². The molecule has 0 aliphatic carbocycles. The van der Waals surface area contributed by atoms with Gasteiger partial charge in [-0.15, -0.1) is 30.1 Å². The van der Waals surface area contributed by atoms with Gasteiger partial charge in [0.05, 0.1) is 0 Å². The molecule has 1 aliphatic heterocycles. The molecule has 2 aromatic rings. The van der Waals surface area contributed by atoms with Gasteiger partial charge in [0, 0.05) is 19.5 Å².